The number of methoxy groups -OCH3 is 2. The van der Waals surface area contributed by atoms with Crippen molar-refractivity contribution in [3.8, 4) is 5.75 Å². The van der Waals surface area contributed by atoms with Gasteiger partial charge in [0.15, 0.2) is 0 Å². The molecule has 0 bridgehead atoms. The van der Waals surface area contributed by atoms with E-state index in [0.29, 0.717) is 16.3 Å². The molecule has 6 heteroatoms. The third-order valence-electron chi connectivity index (χ3n) is 4.74. The lowest BCUT2D eigenvalue weighted by Crippen LogP contribution is -2.10. The van der Waals surface area contributed by atoms with Gasteiger partial charge in [-0.25, -0.2) is 4.79 Å². The van der Waals surface area contributed by atoms with Crippen molar-refractivity contribution in [2.75, 3.05) is 26.2 Å². The van der Waals surface area contributed by atoms with Crippen LogP contribution in [0.2, 0.25) is 5.02 Å². The molecule has 3 aromatic rings. The molecule has 0 spiro atoms. The summed E-state index contributed by atoms with van der Waals surface area (Å²) < 4.78 is 16.0. The fourth-order valence-electron chi connectivity index (χ4n) is 3.14. The first kappa shape index (κ1) is 22.2. The van der Waals surface area contributed by atoms with Gasteiger partial charge in [-0.05, 0) is 47.5 Å². The predicted molar refractivity (Wildman–Crippen MR) is 124 cm³/mol. The Morgan fingerprint density at radius 3 is 2.42 bits per heavy atom. The molecule has 0 heterocycles. The van der Waals surface area contributed by atoms with Gasteiger partial charge in [-0.15, -0.1) is 0 Å². The summed E-state index contributed by atoms with van der Waals surface area (Å²) in [4.78, 5) is 14.3. The molecule has 0 fully saturated rings. The molecular weight excluding hydrogens is 414 g/mol. The van der Waals surface area contributed by atoms with Crippen molar-refractivity contribution < 1.29 is 19.0 Å². The van der Waals surface area contributed by atoms with E-state index >= 15 is 0 Å². The first-order valence-corrected chi connectivity index (χ1v) is 10.0. The number of carbonyl (C=O) groups excluding carboxylic acids is 1. The van der Waals surface area contributed by atoms with E-state index in [4.69, 9.17) is 25.8 Å². The topological polar surface area (TPSA) is 48.0 Å². The van der Waals surface area contributed by atoms with Gasteiger partial charge < -0.3 is 19.1 Å². The van der Waals surface area contributed by atoms with Crippen LogP contribution >= 0.6 is 11.6 Å². The molecule has 5 nitrogen and oxygen atoms in total. The molecule has 0 aromatic heterocycles. The van der Waals surface area contributed by atoms with E-state index in [1.807, 2.05) is 61.6 Å². The Bertz CT molecular complexity index is 1070. The highest BCUT2D eigenvalue weighted by Gasteiger charge is 2.18. The standard InChI is InChI=1S/C25H24ClNO4/c1-27(20-8-5-4-6-9-20)21-10-7-11-22(15-21)31-16-18-14-19(26)12-13-23(18)24(17-29-2)25(28)30-3/h4-15,17H,16H2,1-3H3. The minimum atomic E-state index is -0.503. The summed E-state index contributed by atoms with van der Waals surface area (Å²) in [5.41, 5.74) is 3.73. The van der Waals surface area contributed by atoms with Gasteiger partial charge in [0.25, 0.3) is 0 Å². The fraction of sp³-hybridized carbons (Fsp3) is 0.160. The Hall–Kier alpha value is -3.44. The van der Waals surface area contributed by atoms with Crippen LogP contribution < -0.4 is 9.64 Å². The molecule has 160 valence electrons. The van der Waals surface area contributed by atoms with E-state index in [0.717, 1.165) is 16.9 Å². The minimum absolute atomic E-state index is 0.215. The number of hydrogen-bond donors (Lipinski definition) is 0. The van der Waals surface area contributed by atoms with Gasteiger partial charge in [-0.2, -0.15) is 0 Å². The maximum atomic E-state index is 12.2. The lowest BCUT2D eigenvalue weighted by atomic mass is 10.0. The summed E-state index contributed by atoms with van der Waals surface area (Å²) in [6, 6.07) is 23.1. The monoisotopic (exact) mass is 437 g/mol. The van der Waals surface area contributed by atoms with Crippen LogP contribution in [-0.4, -0.2) is 27.2 Å². The largest absolute Gasteiger partial charge is 0.503 e. The number of anilines is 2. The van der Waals surface area contributed by atoms with Crippen LogP contribution in [0.1, 0.15) is 11.1 Å². The smallest absolute Gasteiger partial charge is 0.341 e. The predicted octanol–water partition coefficient (Wildman–Crippen LogP) is 5.85. The van der Waals surface area contributed by atoms with Crippen LogP contribution in [0.25, 0.3) is 5.57 Å². The number of para-hydroxylation sites is 1. The van der Waals surface area contributed by atoms with Crippen molar-refractivity contribution in [2.45, 2.75) is 6.61 Å². The number of benzene rings is 3. The zero-order chi connectivity index (χ0) is 22.2. The molecule has 0 saturated carbocycles. The average Bonchev–Trinajstić information content (AvgIpc) is 2.81. The van der Waals surface area contributed by atoms with Crippen molar-refractivity contribution in [2.24, 2.45) is 0 Å². The second-order valence-electron chi connectivity index (χ2n) is 6.74. The van der Waals surface area contributed by atoms with Gasteiger partial charge >= 0.3 is 5.97 Å². The summed E-state index contributed by atoms with van der Waals surface area (Å²) >= 11 is 6.20. The van der Waals surface area contributed by atoms with Crippen LogP contribution in [0.4, 0.5) is 11.4 Å². The summed E-state index contributed by atoms with van der Waals surface area (Å²) in [7, 11) is 4.80. The SMILES string of the molecule is COC=C(C(=O)OC)c1ccc(Cl)cc1COc1cccc(N(C)c2ccccc2)c1. The van der Waals surface area contributed by atoms with Crippen LogP contribution in [0, 0.1) is 0 Å². The molecule has 3 rings (SSSR count). The van der Waals surface area contributed by atoms with E-state index in [1.54, 1.807) is 18.2 Å². The van der Waals surface area contributed by atoms with Crippen molar-refractivity contribution in [1.29, 1.82) is 0 Å². The lowest BCUT2D eigenvalue weighted by molar-refractivity contribution is -0.133. The minimum Gasteiger partial charge on any atom is -0.503 e. The van der Waals surface area contributed by atoms with Crippen molar-refractivity contribution in [1.82, 2.24) is 0 Å². The van der Waals surface area contributed by atoms with Gasteiger partial charge in [-0.1, -0.05) is 41.9 Å². The molecule has 31 heavy (non-hydrogen) atoms. The first-order chi connectivity index (χ1) is 15.0. The molecule has 3 aromatic carbocycles. The zero-order valence-electron chi connectivity index (χ0n) is 17.7. The first-order valence-electron chi connectivity index (χ1n) is 9.65. The van der Waals surface area contributed by atoms with E-state index < -0.39 is 5.97 Å². The number of nitrogens with zero attached hydrogens (tertiary/aromatic N) is 1. The molecular formula is C25H24ClNO4. The van der Waals surface area contributed by atoms with Gasteiger partial charge in [0.05, 0.1) is 20.5 Å². The molecule has 0 N–H and O–H groups in total. The van der Waals surface area contributed by atoms with Crippen molar-refractivity contribution >= 4 is 34.5 Å². The molecule has 0 aliphatic rings. The summed E-state index contributed by atoms with van der Waals surface area (Å²) in [5, 5.41) is 0.543. The Labute approximate surface area is 187 Å². The molecule has 0 amide bonds. The summed E-state index contributed by atoms with van der Waals surface area (Å²) in [5.74, 6) is 0.193. The Balaban J connectivity index is 1.84. The van der Waals surface area contributed by atoms with Crippen LogP contribution in [0.3, 0.4) is 0 Å². The summed E-state index contributed by atoms with van der Waals surface area (Å²) in [6.45, 7) is 0.215. The van der Waals surface area contributed by atoms with E-state index in [2.05, 4.69) is 4.90 Å². The number of rotatable bonds is 8. The lowest BCUT2D eigenvalue weighted by Gasteiger charge is -2.20. The normalized spacial score (nSPS) is 11.0. The second kappa shape index (κ2) is 10.5. The highest BCUT2D eigenvalue weighted by molar-refractivity contribution is 6.30. The van der Waals surface area contributed by atoms with Gasteiger partial charge in [0.2, 0.25) is 0 Å². The third kappa shape index (κ3) is 5.58. The maximum Gasteiger partial charge on any atom is 0.341 e. The highest BCUT2D eigenvalue weighted by Crippen LogP contribution is 2.29. The average molecular weight is 438 g/mol. The quantitative estimate of drug-likeness (QED) is 0.251. The molecule has 0 aliphatic heterocycles. The number of halogens is 1. The molecule has 0 atom stereocenters. The second-order valence-corrected chi connectivity index (χ2v) is 7.18. The number of ether oxygens (including phenoxy) is 3. The number of carbonyl (C=O) groups is 1. The summed E-state index contributed by atoms with van der Waals surface area (Å²) in [6.07, 6.45) is 1.36. The van der Waals surface area contributed by atoms with Crippen molar-refractivity contribution in [3.05, 3.63) is 95.2 Å². The van der Waals surface area contributed by atoms with Crippen LogP contribution in [-0.2, 0) is 20.9 Å². The fourth-order valence-corrected chi connectivity index (χ4v) is 3.33. The number of hydrogen-bond acceptors (Lipinski definition) is 5. The molecule has 0 radical (unpaired) electrons. The molecule has 0 saturated heterocycles. The Morgan fingerprint density at radius 1 is 0.968 bits per heavy atom. The Kier molecular flexibility index (Phi) is 7.57. The van der Waals surface area contributed by atoms with E-state index in [9.17, 15) is 4.79 Å². The highest BCUT2D eigenvalue weighted by atomic mass is 35.5. The maximum absolute atomic E-state index is 12.2. The van der Waals surface area contributed by atoms with Gasteiger partial charge in [0, 0.05) is 29.5 Å². The Morgan fingerprint density at radius 2 is 1.71 bits per heavy atom. The van der Waals surface area contributed by atoms with Crippen molar-refractivity contribution in [3.63, 3.8) is 0 Å². The third-order valence-corrected chi connectivity index (χ3v) is 4.98. The number of esters is 1. The van der Waals surface area contributed by atoms with Crippen LogP contribution in [0.15, 0.2) is 79.1 Å². The van der Waals surface area contributed by atoms with Gasteiger partial charge in [0.1, 0.15) is 17.9 Å². The van der Waals surface area contributed by atoms with Gasteiger partial charge in [-0.3, -0.25) is 0 Å². The van der Waals surface area contributed by atoms with E-state index in [-0.39, 0.29) is 12.2 Å². The van der Waals surface area contributed by atoms with Crippen LogP contribution in [0.5, 0.6) is 5.75 Å². The zero-order valence-corrected chi connectivity index (χ0v) is 18.4. The van der Waals surface area contributed by atoms with E-state index in [1.165, 1.54) is 20.5 Å². The molecule has 0 unspecified atom stereocenters. The molecule has 0 aliphatic carbocycles.